The van der Waals surface area contributed by atoms with E-state index in [4.69, 9.17) is 19.9 Å². The molecule has 1 saturated heterocycles. The van der Waals surface area contributed by atoms with Gasteiger partial charge in [-0.2, -0.15) is 0 Å². The summed E-state index contributed by atoms with van der Waals surface area (Å²) in [7, 11) is 1.68. The molecule has 2 aromatic rings. The maximum atomic E-state index is 12.0. The summed E-state index contributed by atoms with van der Waals surface area (Å²) in [6, 6.07) is 14.2. The Bertz CT molecular complexity index is 1090. The predicted molar refractivity (Wildman–Crippen MR) is 149 cm³/mol. The summed E-state index contributed by atoms with van der Waals surface area (Å²) in [5, 5.41) is 12.7. The zero-order valence-electron chi connectivity index (χ0n) is 22.8. The summed E-state index contributed by atoms with van der Waals surface area (Å²) in [4.78, 5) is 25.3. The van der Waals surface area contributed by atoms with E-state index in [9.17, 15) is 14.7 Å². The second-order valence-electron chi connectivity index (χ2n) is 10.3. The summed E-state index contributed by atoms with van der Waals surface area (Å²) in [5.74, 6) is 0.867. The monoisotopic (exact) mass is 539 g/mol. The van der Waals surface area contributed by atoms with Crippen molar-refractivity contribution in [3.63, 3.8) is 0 Å². The smallest absolute Gasteiger partial charge is 0.407 e. The fraction of sp³-hybridized carbons (Fsp3) is 0.533. The Labute approximate surface area is 230 Å². The summed E-state index contributed by atoms with van der Waals surface area (Å²) < 4.78 is 17.9. The molecular formula is C30H41N3O6. The first-order valence-electron chi connectivity index (χ1n) is 14.0. The van der Waals surface area contributed by atoms with Gasteiger partial charge in [0.25, 0.3) is 0 Å². The Kier molecular flexibility index (Phi) is 10.6. The predicted octanol–water partition coefficient (Wildman–Crippen LogP) is 4.71. The second-order valence-corrected chi connectivity index (χ2v) is 10.3. The molecule has 0 bridgehead atoms. The van der Waals surface area contributed by atoms with Crippen molar-refractivity contribution in [2.45, 2.75) is 63.1 Å². The summed E-state index contributed by atoms with van der Waals surface area (Å²) >= 11 is 0. The van der Waals surface area contributed by atoms with Crippen molar-refractivity contribution in [1.29, 1.82) is 0 Å². The Morgan fingerprint density at radius 1 is 1.13 bits per heavy atom. The van der Waals surface area contributed by atoms with Crippen LogP contribution in [0.5, 0.6) is 5.75 Å². The van der Waals surface area contributed by atoms with Crippen LogP contribution in [0.15, 0.2) is 42.5 Å². The van der Waals surface area contributed by atoms with Gasteiger partial charge in [-0.15, -0.1) is 0 Å². The summed E-state index contributed by atoms with van der Waals surface area (Å²) in [6.45, 7) is 2.63. The number of anilines is 1. The lowest BCUT2D eigenvalue weighted by Crippen LogP contribution is -2.46. The van der Waals surface area contributed by atoms with Crippen LogP contribution in [-0.4, -0.2) is 68.1 Å². The molecule has 3 unspecified atom stereocenters. The quantitative estimate of drug-likeness (QED) is 0.315. The van der Waals surface area contributed by atoms with Gasteiger partial charge in [0.2, 0.25) is 5.91 Å². The SMILES string of the molecule is COCCCC(OC1CN(C(=O)O)CCC1c1ccc(OCCCCN)cc1)c1ccc2c(c1)NC(=O)CC2. The molecule has 4 N–H and O–H groups in total. The Hall–Kier alpha value is -3.14. The molecule has 39 heavy (non-hydrogen) atoms. The van der Waals surface area contributed by atoms with Crippen molar-refractivity contribution in [1.82, 2.24) is 4.90 Å². The zero-order valence-corrected chi connectivity index (χ0v) is 22.8. The number of piperidine rings is 1. The van der Waals surface area contributed by atoms with Gasteiger partial charge in [-0.3, -0.25) is 4.79 Å². The van der Waals surface area contributed by atoms with Gasteiger partial charge >= 0.3 is 6.09 Å². The molecule has 0 aliphatic carbocycles. The molecular weight excluding hydrogens is 498 g/mol. The lowest BCUT2D eigenvalue weighted by Gasteiger charge is -2.39. The van der Waals surface area contributed by atoms with E-state index in [1.807, 2.05) is 18.2 Å². The molecule has 212 valence electrons. The van der Waals surface area contributed by atoms with Crippen molar-refractivity contribution < 1.29 is 28.9 Å². The average molecular weight is 540 g/mol. The molecule has 4 rings (SSSR count). The first-order valence-corrected chi connectivity index (χ1v) is 14.0. The molecule has 2 aliphatic heterocycles. The number of nitrogens with one attached hydrogen (secondary N) is 1. The van der Waals surface area contributed by atoms with Crippen LogP contribution in [0, 0.1) is 0 Å². The van der Waals surface area contributed by atoms with Crippen LogP contribution in [0.4, 0.5) is 10.5 Å². The van der Waals surface area contributed by atoms with E-state index in [0.717, 1.165) is 53.8 Å². The van der Waals surface area contributed by atoms with Crippen molar-refractivity contribution >= 4 is 17.7 Å². The van der Waals surface area contributed by atoms with Crippen LogP contribution in [0.2, 0.25) is 0 Å². The van der Waals surface area contributed by atoms with E-state index in [0.29, 0.717) is 52.1 Å². The van der Waals surface area contributed by atoms with E-state index < -0.39 is 6.09 Å². The number of nitrogens with two attached hydrogens (primary N) is 1. The number of likely N-dealkylation sites (tertiary alicyclic amines) is 1. The number of rotatable bonds is 13. The maximum Gasteiger partial charge on any atom is 0.407 e. The summed E-state index contributed by atoms with van der Waals surface area (Å²) in [6.07, 6.45) is 3.70. The minimum Gasteiger partial charge on any atom is -0.494 e. The number of ether oxygens (including phenoxy) is 3. The fourth-order valence-electron chi connectivity index (χ4n) is 5.38. The lowest BCUT2D eigenvalue weighted by molar-refractivity contribution is -0.116. The van der Waals surface area contributed by atoms with E-state index in [1.54, 1.807) is 7.11 Å². The van der Waals surface area contributed by atoms with Gasteiger partial charge in [0.15, 0.2) is 0 Å². The highest BCUT2D eigenvalue weighted by molar-refractivity contribution is 5.94. The van der Waals surface area contributed by atoms with Gasteiger partial charge in [-0.25, -0.2) is 4.79 Å². The number of amides is 2. The molecule has 2 aromatic carbocycles. The Balaban J connectivity index is 1.54. The molecule has 1 fully saturated rings. The third kappa shape index (κ3) is 7.94. The zero-order chi connectivity index (χ0) is 27.6. The number of methoxy groups -OCH3 is 1. The Morgan fingerprint density at radius 2 is 1.95 bits per heavy atom. The molecule has 2 amide bonds. The second kappa shape index (κ2) is 14.3. The molecule has 2 aliphatic rings. The van der Waals surface area contributed by atoms with E-state index >= 15 is 0 Å². The first-order chi connectivity index (χ1) is 19.0. The minimum atomic E-state index is -0.935. The molecule has 0 radical (unpaired) electrons. The topological polar surface area (TPSA) is 123 Å². The van der Waals surface area contributed by atoms with Crippen molar-refractivity contribution in [3.05, 3.63) is 59.2 Å². The molecule has 0 aromatic heterocycles. The third-order valence-electron chi connectivity index (χ3n) is 7.56. The van der Waals surface area contributed by atoms with Gasteiger partial charge in [-0.05, 0) is 80.0 Å². The van der Waals surface area contributed by atoms with Gasteiger partial charge in [0.1, 0.15) is 5.75 Å². The highest BCUT2D eigenvalue weighted by atomic mass is 16.5. The van der Waals surface area contributed by atoms with Gasteiger partial charge in [0.05, 0.1) is 25.4 Å². The molecule has 3 atom stereocenters. The van der Waals surface area contributed by atoms with Crippen LogP contribution in [0.1, 0.15) is 67.2 Å². The minimum absolute atomic E-state index is 0.0211. The number of unbranched alkanes of at least 4 members (excludes halogenated alkanes) is 1. The van der Waals surface area contributed by atoms with E-state index in [2.05, 4.69) is 29.6 Å². The number of hydrogen-bond donors (Lipinski definition) is 3. The number of fused-ring (bicyclic) bond motifs is 1. The number of carbonyl (C=O) groups is 2. The number of carboxylic acid groups (broad SMARTS) is 1. The van der Waals surface area contributed by atoms with Crippen molar-refractivity contribution in [3.8, 4) is 5.75 Å². The van der Waals surface area contributed by atoms with Crippen molar-refractivity contribution in [2.24, 2.45) is 5.73 Å². The van der Waals surface area contributed by atoms with Crippen LogP contribution in [0.3, 0.4) is 0 Å². The van der Waals surface area contributed by atoms with Gasteiger partial charge in [-0.1, -0.05) is 24.3 Å². The lowest BCUT2D eigenvalue weighted by atomic mass is 9.86. The van der Waals surface area contributed by atoms with Gasteiger partial charge < -0.3 is 35.3 Å². The number of benzene rings is 2. The molecule has 0 spiro atoms. The third-order valence-corrected chi connectivity index (χ3v) is 7.56. The van der Waals surface area contributed by atoms with Crippen LogP contribution in [-0.2, 0) is 20.7 Å². The first kappa shape index (κ1) is 28.9. The van der Waals surface area contributed by atoms with Crippen molar-refractivity contribution in [2.75, 3.05) is 45.3 Å². The normalized spacial score (nSPS) is 19.7. The Morgan fingerprint density at radius 3 is 2.69 bits per heavy atom. The van der Waals surface area contributed by atoms with E-state index in [1.165, 1.54) is 4.90 Å². The molecule has 0 saturated carbocycles. The molecule has 2 heterocycles. The van der Waals surface area contributed by atoms with Crippen LogP contribution in [0.25, 0.3) is 0 Å². The fourth-order valence-corrected chi connectivity index (χ4v) is 5.38. The standard InChI is InChI=1S/C30H41N3O6/c1-37-17-4-5-27(23-7-6-22-10-13-29(34)32-26(22)19-23)39-28-20-33(30(35)36)16-14-25(28)21-8-11-24(12-9-21)38-18-3-2-15-31/h6-9,11-12,19,25,27-28H,2-5,10,13-18,20,31H2,1H3,(H,32,34)(H,35,36). The van der Waals surface area contributed by atoms with Crippen LogP contribution < -0.4 is 15.8 Å². The summed E-state index contributed by atoms with van der Waals surface area (Å²) in [5.41, 5.74) is 9.59. The van der Waals surface area contributed by atoms with Gasteiger partial charge in [0, 0.05) is 38.3 Å². The largest absolute Gasteiger partial charge is 0.494 e. The number of carbonyl (C=O) groups excluding carboxylic acids is 1. The van der Waals surface area contributed by atoms with E-state index in [-0.39, 0.29) is 24.0 Å². The highest BCUT2D eigenvalue weighted by Gasteiger charge is 2.35. The molecule has 9 heteroatoms. The molecule has 9 nitrogen and oxygen atoms in total. The maximum absolute atomic E-state index is 12.0. The number of aryl methyl sites for hydroxylation is 1. The highest BCUT2D eigenvalue weighted by Crippen LogP contribution is 2.37. The number of nitrogens with zero attached hydrogens (tertiary/aromatic N) is 1. The van der Waals surface area contributed by atoms with Crippen LogP contribution >= 0.6 is 0 Å². The number of hydrogen-bond acceptors (Lipinski definition) is 6. The average Bonchev–Trinajstić information content (AvgIpc) is 2.95.